The van der Waals surface area contributed by atoms with Crippen molar-refractivity contribution >= 4 is 5.78 Å². The Labute approximate surface area is 96.3 Å². The molecule has 94 valence electrons. The van der Waals surface area contributed by atoms with E-state index in [1.807, 2.05) is 11.9 Å². The minimum absolute atomic E-state index is 0.0715. The van der Waals surface area contributed by atoms with Gasteiger partial charge in [0.25, 0.3) is 0 Å². The lowest BCUT2D eigenvalue weighted by Crippen LogP contribution is -2.56. The van der Waals surface area contributed by atoms with Crippen molar-refractivity contribution in [2.75, 3.05) is 34.4 Å². The van der Waals surface area contributed by atoms with Crippen molar-refractivity contribution in [3.8, 4) is 0 Å². The van der Waals surface area contributed by atoms with E-state index in [2.05, 4.69) is 0 Å². The molecule has 1 heterocycles. The van der Waals surface area contributed by atoms with Crippen LogP contribution in [0.3, 0.4) is 0 Å². The number of likely N-dealkylation sites (tertiary alicyclic amines) is 1. The average Bonchev–Trinajstić information content (AvgIpc) is 2.23. The molecule has 1 aliphatic rings. The normalized spacial score (nSPS) is 27.1. The lowest BCUT2D eigenvalue weighted by Gasteiger charge is -2.40. The molecule has 0 aromatic rings. The zero-order chi connectivity index (χ0) is 12.3. The Balaban J connectivity index is 2.83. The first-order valence-electron chi connectivity index (χ1n) is 5.42. The molecule has 0 saturated carbocycles. The van der Waals surface area contributed by atoms with Gasteiger partial charge in [-0.05, 0) is 14.0 Å². The molecular weight excluding hydrogens is 210 g/mol. The van der Waals surface area contributed by atoms with Crippen LogP contribution in [0.1, 0.15) is 13.3 Å². The third-order valence-corrected chi connectivity index (χ3v) is 3.23. The summed E-state index contributed by atoms with van der Waals surface area (Å²) < 4.78 is 10.1. The highest BCUT2D eigenvalue weighted by molar-refractivity contribution is 5.83. The highest BCUT2D eigenvalue weighted by atomic mass is 16.7. The number of ketones is 1. The van der Waals surface area contributed by atoms with Crippen molar-refractivity contribution in [2.24, 2.45) is 5.92 Å². The Morgan fingerprint density at radius 1 is 1.50 bits per heavy atom. The zero-order valence-corrected chi connectivity index (χ0v) is 10.4. The van der Waals surface area contributed by atoms with E-state index in [9.17, 15) is 9.90 Å². The van der Waals surface area contributed by atoms with Gasteiger partial charge in [0.05, 0.1) is 5.92 Å². The number of hydrogen-bond donors (Lipinski definition) is 1. The number of Topliss-reactive ketones (excluding diaryl/α,β-unsaturated/α-hetero) is 1. The summed E-state index contributed by atoms with van der Waals surface area (Å²) in [7, 11) is 4.85. The Morgan fingerprint density at radius 3 is 2.56 bits per heavy atom. The minimum atomic E-state index is -1.30. The summed E-state index contributed by atoms with van der Waals surface area (Å²) in [5.41, 5.74) is -1.30. The molecule has 0 amide bonds. The first-order valence-corrected chi connectivity index (χ1v) is 5.42. The summed E-state index contributed by atoms with van der Waals surface area (Å²) in [5.74, 6) is -0.390. The van der Waals surface area contributed by atoms with Gasteiger partial charge in [-0.2, -0.15) is 0 Å². The zero-order valence-electron chi connectivity index (χ0n) is 10.4. The van der Waals surface area contributed by atoms with E-state index < -0.39 is 17.8 Å². The van der Waals surface area contributed by atoms with Crippen LogP contribution in [0.25, 0.3) is 0 Å². The molecule has 2 atom stereocenters. The van der Waals surface area contributed by atoms with E-state index in [1.54, 1.807) is 6.92 Å². The van der Waals surface area contributed by atoms with Crippen LogP contribution >= 0.6 is 0 Å². The molecule has 1 rings (SSSR count). The molecule has 0 spiro atoms. The Morgan fingerprint density at radius 2 is 2.06 bits per heavy atom. The lowest BCUT2D eigenvalue weighted by atomic mass is 9.81. The van der Waals surface area contributed by atoms with E-state index in [0.29, 0.717) is 13.0 Å². The molecular formula is C11H21NO4. The van der Waals surface area contributed by atoms with Crippen LogP contribution in [-0.2, 0) is 14.3 Å². The maximum absolute atomic E-state index is 11.8. The summed E-state index contributed by atoms with van der Waals surface area (Å²) in [4.78, 5) is 13.9. The van der Waals surface area contributed by atoms with Crippen molar-refractivity contribution in [1.29, 1.82) is 0 Å². The number of methoxy groups -OCH3 is 2. The van der Waals surface area contributed by atoms with Crippen LogP contribution < -0.4 is 0 Å². The molecule has 1 saturated heterocycles. The van der Waals surface area contributed by atoms with Crippen LogP contribution in [0.2, 0.25) is 0 Å². The van der Waals surface area contributed by atoms with Crippen molar-refractivity contribution < 1.29 is 19.4 Å². The van der Waals surface area contributed by atoms with Crippen LogP contribution in [0.15, 0.2) is 0 Å². The molecule has 16 heavy (non-hydrogen) atoms. The molecule has 5 nitrogen and oxygen atoms in total. The number of carbonyl (C=O) groups is 1. The van der Waals surface area contributed by atoms with E-state index >= 15 is 0 Å². The minimum Gasteiger partial charge on any atom is -0.384 e. The van der Waals surface area contributed by atoms with E-state index in [-0.39, 0.29) is 5.78 Å². The van der Waals surface area contributed by atoms with Gasteiger partial charge in [0.1, 0.15) is 11.4 Å². The second kappa shape index (κ2) is 5.23. The van der Waals surface area contributed by atoms with Gasteiger partial charge in [-0.25, -0.2) is 0 Å². The molecule has 1 fully saturated rings. The second-order valence-corrected chi connectivity index (χ2v) is 4.56. The molecule has 1 aliphatic heterocycles. The number of ether oxygens (including phenoxy) is 2. The van der Waals surface area contributed by atoms with Crippen LogP contribution in [0.4, 0.5) is 0 Å². The van der Waals surface area contributed by atoms with Gasteiger partial charge in [0, 0.05) is 33.7 Å². The number of carbonyl (C=O) groups excluding carboxylic acids is 1. The smallest absolute Gasteiger partial charge is 0.186 e. The largest absolute Gasteiger partial charge is 0.384 e. The van der Waals surface area contributed by atoms with E-state index in [4.69, 9.17) is 9.47 Å². The molecule has 0 aromatic carbocycles. The van der Waals surface area contributed by atoms with Crippen molar-refractivity contribution in [1.82, 2.24) is 4.90 Å². The van der Waals surface area contributed by atoms with Gasteiger partial charge >= 0.3 is 0 Å². The lowest BCUT2D eigenvalue weighted by molar-refractivity contribution is -0.228. The van der Waals surface area contributed by atoms with Crippen molar-refractivity contribution in [3.05, 3.63) is 0 Å². The molecule has 1 N–H and O–H groups in total. The van der Waals surface area contributed by atoms with Crippen LogP contribution in [0.5, 0.6) is 0 Å². The molecule has 0 aliphatic carbocycles. The van der Waals surface area contributed by atoms with Gasteiger partial charge in [0.2, 0.25) is 0 Å². The van der Waals surface area contributed by atoms with Gasteiger partial charge in [-0.1, -0.05) is 0 Å². The predicted octanol–water partition coefficient (Wildman–Crippen LogP) is -0.123. The van der Waals surface area contributed by atoms with Crippen molar-refractivity contribution in [2.45, 2.75) is 25.2 Å². The predicted molar refractivity (Wildman–Crippen MR) is 59.0 cm³/mol. The summed E-state index contributed by atoms with van der Waals surface area (Å²) in [6.45, 7) is 2.87. The third-order valence-electron chi connectivity index (χ3n) is 3.23. The maximum Gasteiger partial charge on any atom is 0.186 e. The molecule has 0 bridgehead atoms. The highest BCUT2D eigenvalue weighted by Gasteiger charge is 2.46. The monoisotopic (exact) mass is 231 g/mol. The fourth-order valence-corrected chi connectivity index (χ4v) is 2.23. The number of rotatable bonds is 4. The molecule has 0 aromatic heterocycles. The number of hydrogen-bond acceptors (Lipinski definition) is 5. The quantitative estimate of drug-likeness (QED) is 0.683. The Bertz CT molecular complexity index is 250. The molecule has 0 radical (unpaired) electrons. The average molecular weight is 231 g/mol. The fraction of sp³-hybridized carbons (Fsp3) is 0.909. The standard InChI is InChI=1S/C11H21NO4/c1-11(14,10(15-3)16-4)8-7-12(2)6-5-9(8)13/h8,10,14H,5-7H2,1-4H3. The summed E-state index contributed by atoms with van der Waals surface area (Å²) in [6, 6.07) is 0. The highest BCUT2D eigenvalue weighted by Crippen LogP contribution is 2.28. The number of piperidine rings is 1. The second-order valence-electron chi connectivity index (χ2n) is 4.56. The molecule has 2 unspecified atom stereocenters. The first-order chi connectivity index (χ1) is 7.43. The SMILES string of the molecule is COC(OC)C(C)(O)C1CN(C)CCC1=O. The summed E-state index contributed by atoms with van der Waals surface area (Å²) in [5, 5.41) is 10.4. The van der Waals surface area contributed by atoms with Gasteiger partial charge < -0.3 is 19.5 Å². The van der Waals surface area contributed by atoms with E-state index in [1.165, 1.54) is 14.2 Å². The topological polar surface area (TPSA) is 59.0 Å². The molecule has 5 heteroatoms. The summed E-state index contributed by atoms with van der Waals surface area (Å²) in [6.07, 6.45) is -0.315. The van der Waals surface area contributed by atoms with Gasteiger partial charge in [-0.15, -0.1) is 0 Å². The number of nitrogens with zero attached hydrogens (tertiary/aromatic N) is 1. The fourth-order valence-electron chi connectivity index (χ4n) is 2.23. The van der Waals surface area contributed by atoms with Gasteiger partial charge in [-0.3, -0.25) is 4.79 Å². The Hall–Kier alpha value is -0.490. The summed E-state index contributed by atoms with van der Waals surface area (Å²) >= 11 is 0. The van der Waals surface area contributed by atoms with E-state index in [0.717, 1.165) is 6.54 Å². The Kier molecular flexibility index (Phi) is 4.43. The third kappa shape index (κ3) is 2.60. The number of aliphatic hydroxyl groups is 1. The first kappa shape index (κ1) is 13.6. The van der Waals surface area contributed by atoms with Crippen LogP contribution in [-0.4, -0.2) is 62.0 Å². The maximum atomic E-state index is 11.8. The van der Waals surface area contributed by atoms with Crippen molar-refractivity contribution in [3.63, 3.8) is 0 Å². The van der Waals surface area contributed by atoms with Gasteiger partial charge in [0.15, 0.2) is 6.29 Å². The van der Waals surface area contributed by atoms with Crippen LogP contribution in [0, 0.1) is 5.92 Å².